The third-order valence-corrected chi connectivity index (χ3v) is 3.08. The van der Waals surface area contributed by atoms with Gasteiger partial charge < -0.3 is 25.8 Å². The van der Waals surface area contributed by atoms with E-state index in [1.165, 1.54) is 0 Å². The minimum absolute atomic E-state index is 0.135. The van der Waals surface area contributed by atoms with Gasteiger partial charge in [0, 0.05) is 31.0 Å². The second-order valence-electron chi connectivity index (χ2n) is 4.43. The molecule has 0 saturated carbocycles. The zero-order valence-corrected chi connectivity index (χ0v) is 13.3. The number of carbonyl (C=O) groups is 1. The summed E-state index contributed by atoms with van der Waals surface area (Å²) in [6, 6.07) is 4.84. The number of benzene rings is 1. The van der Waals surface area contributed by atoms with Crippen molar-refractivity contribution in [2.45, 2.75) is 13.0 Å². The van der Waals surface area contributed by atoms with E-state index >= 15 is 0 Å². The Bertz CT molecular complexity index is 508. The lowest BCUT2D eigenvalue weighted by Crippen LogP contribution is -2.39. The van der Waals surface area contributed by atoms with E-state index in [0.29, 0.717) is 30.2 Å². The highest BCUT2D eigenvalue weighted by molar-refractivity contribution is 7.80. The van der Waals surface area contributed by atoms with Gasteiger partial charge in [0.1, 0.15) is 16.8 Å². The third-order valence-electron chi connectivity index (χ3n) is 2.86. The highest BCUT2D eigenvalue weighted by atomic mass is 32.1. The molecule has 0 heterocycles. The summed E-state index contributed by atoms with van der Waals surface area (Å²) in [5.41, 5.74) is 7.02. The Morgan fingerprint density at radius 3 is 2.71 bits per heavy atom. The Kier molecular flexibility index (Phi) is 6.90. The second kappa shape index (κ2) is 8.43. The van der Waals surface area contributed by atoms with Crippen LogP contribution in [-0.2, 0) is 9.53 Å². The molecule has 0 aliphatic heterocycles. The lowest BCUT2D eigenvalue weighted by molar-refractivity contribution is -0.121. The largest absolute Gasteiger partial charge is 0.497 e. The molecule has 1 amide bonds. The number of methoxy groups -OCH3 is 2. The van der Waals surface area contributed by atoms with E-state index in [-0.39, 0.29) is 10.9 Å². The maximum absolute atomic E-state index is 11.9. The van der Waals surface area contributed by atoms with Crippen LogP contribution in [0, 0.1) is 0 Å². The number of rotatable bonds is 8. The average molecular weight is 311 g/mol. The number of ether oxygens (including phenoxy) is 2. The molecule has 1 aromatic rings. The van der Waals surface area contributed by atoms with Crippen molar-refractivity contribution in [1.82, 2.24) is 5.32 Å². The van der Waals surface area contributed by atoms with Gasteiger partial charge in [0.05, 0.1) is 13.7 Å². The van der Waals surface area contributed by atoms with Gasteiger partial charge in [0.25, 0.3) is 0 Å². The van der Waals surface area contributed by atoms with Crippen molar-refractivity contribution in [3.05, 3.63) is 23.8 Å². The summed E-state index contributed by atoms with van der Waals surface area (Å²) in [4.78, 5) is 12.2. The minimum atomic E-state index is -0.443. The van der Waals surface area contributed by atoms with E-state index in [4.69, 9.17) is 27.4 Å². The van der Waals surface area contributed by atoms with Crippen molar-refractivity contribution in [1.29, 1.82) is 0 Å². The van der Waals surface area contributed by atoms with E-state index in [2.05, 4.69) is 10.6 Å². The quantitative estimate of drug-likeness (QED) is 0.488. The first-order valence-corrected chi connectivity index (χ1v) is 6.91. The predicted molar refractivity (Wildman–Crippen MR) is 86.9 cm³/mol. The Hall–Kier alpha value is -1.86. The van der Waals surface area contributed by atoms with E-state index in [1.807, 2.05) is 0 Å². The normalized spacial score (nSPS) is 11.6. The van der Waals surface area contributed by atoms with Crippen LogP contribution >= 0.6 is 12.2 Å². The van der Waals surface area contributed by atoms with Crippen molar-refractivity contribution < 1.29 is 14.3 Å². The zero-order chi connectivity index (χ0) is 15.8. The molecule has 0 aromatic heterocycles. The molecule has 1 aromatic carbocycles. The van der Waals surface area contributed by atoms with Crippen molar-refractivity contribution in [3.8, 4) is 5.75 Å². The summed E-state index contributed by atoms with van der Waals surface area (Å²) >= 11 is 5.01. The molecule has 21 heavy (non-hydrogen) atoms. The average Bonchev–Trinajstić information content (AvgIpc) is 2.46. The van der Waals surface area contributed by atoms with Gasteiger partial charge in [0.15, 0.2) is 0 Å². The lowest BCUT2D eigenvalue weighted by atomic mass is 10.1. The number of anilines is 1. The summed E-state index contributed by atoms with van der Waals surface area (Å²) in [5, 5.41) is 5.85. The molecule has 7 heteroatoms. The van der Waals surface area contributed by atoms with Crippen LogP contribution in [0.15, 0.2) is 18.2 Å². The summed E-state index contributed by atoms with van der Waals surface area (Å²) in [7, 11) is 3.15. The number of carbonyl (C=O) groups excluding carboxylic acids is 1. The molecular formula is C14H21N3O3S. The van der Waals surface area contributed by atoms with Crippen LogP contribution in [0.25, 0.3) is 0 Å². The van der Waals surface area contributed by atoms with E-state index in [9.17, 15) is 4.79 Å². The Labute approximate surface area is 130 Å². The van der Waals surface area contributed by atoms with Crippen LogP contribution < -0.4 is 21.1 Å². The Balaban J connectivity index is 2.80. The van der Waals surface area contributed by atoms with Gasteiger partial charge in [-0.3, -0.25) is 4.79 Å². The molecule has 4 N–H and O–H groups in total. The maximum Gasteiger partial charge on any atom is 0.242 e. The molecule has 0 bridgehead atoms. The number of hydrogen-bond acceptors (Lipinski definition) is 5. The van der Waals surface area contributed by atoms with E-state index < -0.39 is 6.04 Å². The highest BCUT2D eigenvalue weighted by Crippen LogP contribution is 2.23. The number of thiocarbonyl (C=S) groups is 1. The zero-order valence-electron chi connectivity index (χ0n) is 12.4. The monoisotopic (exact) mass is 311 g/mol. The molecule has 1 unspecified atom stereocenters. The smallest absolute Gasteiger partial charge is 0.242 e. The third kappa shape index (κ3) is 5.20. The molecule has 0 aliphatic carbocycles. The van der Waals surface area contributed by atoms with Gasteiger partial charge in [-0.25, -0.2) is 0 Å². The van der Waals surface area contributed by atoms with Crippen LogP contribution in [0.2, 0.25) is 0 Å². The van der Waals surface area contributed by atoms with Gasteiger partial charge in [0.2, 0.25) is 5.91 Å². The molecular weight excluding hydrogens is 290 g/mol. The molecule has 0 saturated heterocycles. The van der Waals surface area contributed by atoms with Crippen LogP contribution in [0.1, 0.15) is 12.5 Å². The van der Waals surface area contributed by atoms with Crippen LogP contribution in [0.4, 0.5) is 5.69 Å². The number of hydrogen-bond donors (Lipinski definition) is 3. The van der Waals surface area contributed by atoms with E-state index in [1.54, 1.807) is 39.3 Å². The molecule has 1 atom stereocenters. The molecule has 116 valence electrons. The summed E-state index contributed by atoms with van der Waals surface area (Å²) in [5.74, 6) is 0.522. The van der Waals surface area contributed by atoms with Crippen LogP contribution in [-0.4, -0.2) is 44.3 Å². The van der Waals surface area contributed by atoms with Gasteiger partial charge in [-0.15, -0.1) is 0 Å². The fourth-order valence-electron chi connectivity index (χ4n) is 1.71. The van der Waals surface area contributed by atoms with Crippen LogP contribution in [0.3, 0.4) is 0 Å². The van der Waals surface area contributed by atoms with Crippen LogP contribution in [0.5, 0.6) is 5.75 Å². The van der Waals surface area contributed by atoms with Crippen molar-refractivity contribution in [2.75, 3.05) is 32.7 Å². The number of nitrogens with two attached hydrogens (primary N) is 1. The Morgan fingerprint density at radius 2 is 2.14 bits per heavy atom. The molecule has 0 spiro atoms. The first-order valence-electron chi connectivity index (χ1n) is 6.50. The number of amides is 1. The van der Waals surface area contributed by atoms with Gasteiger partial charge in [-0.2, -0.15) is 0 Å². The minimum Gasteiger partial charge on any atom is -0.497 e. The molecule has 0 fully saturated rings. The SMILES string of the molecule is COCCNC(=O)C(C)Nc1cc(OC)ccc1C(N)=S. The number of nitrogens with one attached hydrogen (secondary N) is 2. The molecule has 1 rings (SSSR count). The summed E-state index contributed by atoms with van der Waals surface area (Å²) in [6.45, 7) is 2.68. The molecule has 0 radical (unpaired) electrons. The Morgan fingerprint density at radius 1 is 1.43 bits per heavy atom. The fraction of sp³-hybridized carbons (Fsp3) is 0.429. The highest BCUT2D eigenvalue weighted by Gasteiger charge is 2.15. The maximum atomic E-state index is 11.9. The van der Waals surface area contributed by atoms with Crippen molar-refractivity contribution >= 4 is 28.8 Å². The lowest BCUT2D eigenvalue weighted by Gasteiger charge is -2.18. The van der Waals surface area contributed by atoms with Gasteiger partial charge >= 0.3 is 0 Å². The predicted octanol–water partition coefficient (Wildman–Crippen LogP) is 0.892. The topological polar surface area (TPSA) is 85.6 Å². The molecule has 6 nitrogen and oxygen atoms in total. The van der Waals surface area contributed by atoms with E-state index in [0.717, 1.165) is 0 Å². The van der Waals surface area contributed by atoms with Crippen molar-refractivity contribution in [2.24, 2.45) is 5.73 Å². The first-order chi connectivity index (χ1) is 9.99. The first kappa shape index (κ1) is 17.2. The second-order valence-corrected chi connectivity index (χ2v) is 4.87. The fourth-order valence-corrected chi connectivity index (χ4v) is 1.89. The van der Waals surface area contributed by atoms with Gasteiger partial charge in [-0.05, 0) is 19.1 Å². The van der Waals surface area contributed by atoms with Crippen molar-refractivity contribution in [3.63, 3.8) is 0 Å². The summed E-state index contributed by atoms with van der Waals surface area (Å²) < 4.78 is 10.1. The molecule has 0 aliphatic rings. The van der Waals surface area contributed by atoms with Gasteiger partial charge in [-0.1, -0.05) is 12.2 Å². The standard InChI is InChI=1S/C14H21N3O3S/c1-9(14(18)16-6-7-19-2)17-12-8-10(20-3)4-5-11(12)13(15)21/h4-5,8-9,17H,6-7H2,1-3H3,(H2,15,21)(H,16,18). The summed E-state index contributed by atoms with van der Waals surface area (Å²) in [6.07, 6.45) is 0.